The number of aryl methyl sites for hydroxylation is 2. The van der Waals surface area contributed by atoms with E-state index in [1.54, 1.807) is 18.0 Å². The van der Waals surface area contributed by atoms with Gasteiger partial charge in [0.1, 0.15) is 0 Å². The number of aromatic nitrogens is 4. The maximum Gasteiger partial charge on any atom is 0.276 e. The van der Waals surface area contributed by atoms with Gasteiger partial charge in [-0.3, -0.25) is 14.4 Å². The van der Waals surface area contributed by atoms with Crippen LogP contribution in [-0.2, 0) is 11.3 Å². The third-order valence-electron chi connectivity index (χ3n) is 5.48. The lowest BCUT2D eigenvalue weighted by molar-refractivity contribution is -0.126. The van der Waals surface area contributed by atoms with Crippen LogP contribution in [0.2, 0.25) is 0 Å². The third kappa shape index (κ3) is 3.96. The highest BCUT2D eigenvalue weighted by atomic mass is 16.2. The fraction of sp³-hybridized carbons (Fsp3) is 0.381. The Labute approximate surface area is 173 Å². The summed E-state index contributed by atoms with van der Waals surface area (Å²) in [5, 5.41) is 10.8. The first-order chi connectivity index (χ1) is 14.4. The van der Waals surface area contributed by atoms with Crippen molar-refractivity contribution in [3.8, 4) is 0 Å². The topological polar surface area (TPSA) is 112 Å². The second kappa shape index (κ2) is 8.10. The Morgan fingerprint density at radius 1 is 1.17 bits per heavy atom. The number of nitrogens with one attached hydrogen (secondary N) is 2. The van der Waals surface area contributed by atoms with Crippen LogP contribution in [0, 0.1) is 19.8 Å². The molecule has 0 saturated carbocycles. The van der Waals surface area contributed by atoms with Gasteiger partial charge in [0.15, 0.2) is 11.2 Å². The summed E-state index contributed by atoms with van der Waals surface area (Å²) in [6.45, 7) is 5.12. The molecule has 3 heterocycles. The minimum Gasteiger partial charge on any atom is -0.352 e. The van der Waals surface area contributed by atoms with Gasteiger partial charge in [-0.1, -0.05) is 35.0 Å². The Hall–Kier alpha value is -3.49. The molecule has 3 aromatic rings. The molecule has 156 valence electrons. The van der Waals surface area contributed by atoms with Crippen molar-refractivity contribution in [2.24, 2.45) is 5.92 Å². The summed E-state index contributed by atoms with van der Waals surface area (Å²) in [6.07, 6.45) is 2.76. The number of aromatic amines is 1. The summed E-state index contributed by atoms with van der Waals surface area (Å²) in [5.41, 5.74) is 2.66. The molecule has 4 rings (SSSR count). The number of carbonyl (C=O) groups excluding carboxylic acids is 2. The first-order valence-electron chi connectivity index (χ1n) is 10.00. The number of piperidine rings is 1. The van der Waals surface area contributed by atoms with Crippen molar-refractivity contribution < 1.29 is 9.59 Å². The van der Waals surface area contributed by atoms with E-state index < -0.39 is 5.56 Å². The number of carbonyl (C=O) groups is 2. The molecule has 2 aromatic heterocycles. The average Bonchev–Trinajstić information content (AvgIpc) is 3.17. The monoisotopic (exact) mass is 408 g/mol. The molecule has 1 saturated heterocycles. The molecule has 0 atom stereocenters. The average molecular weight is 408 g/mol. The van der Waals surface area contributed by atoms with Gasteiger partial charge in [0.2, 0.25) is 5.91 Å². The predicted molar refractivity (Wildman–Crippen MR) is 110 cm³/mol. The smallest absolute Gasteiger partial charge is 0.276 e. The van der Waals surface area contributed by atoms with E-state index in [0.29, 0.717) is 38.2 Å². The minimum atomic E-state index is -0.395. The molecule has 2 amide bonds. The molecule has 0 unspecified atom stereocenters. The Morgan fingerprint density at radius 3 is 2.57 bits per heavy atom. The van der Waals surface area contributed by atoms with Crippen LogP contribution < -0.4 is 10.9 Å². The lowest BCUT2D eigenvalue weighted by Crippen LogP contribution is -2.43. The van der Waals surface area contributed by atoms with Crippen molar-refractivity contribution in [3.63, 3.8) is 0 Å². The second-order valence-electron chi connectivity index (χ2n) is 7.77. The highest BCUT2D eigenvalue weighted by Gasteiger charge is 2.30. The summed E-state index contributed by atoms with van der Waals surface area (Å²) in [4.78, 5) is 41.9. The molecular formula is C21H24N6O3. The van der Waals surface area contributed by atoms with E-state index in [0.717, 1.165) is 5.56 Å². The molecule has 0 aliphatic carbocycles. The van der Waals surface area contributed by atoms with Gasteiger partial charge in [0.05, 0.1) is 6.20 Å². The van der Waals surface area contributed by atoms with Gasteiger partial charge in [-0.25, -0.2) is 4.52 Å². The van der Waals surface area contributed by atoms with Crippen molar-refractivity contribution in [3.05, 3.63) is 63.3 Å². The number of fused-ring (bicyclic) bond motifs is 1. The Morgan fingerprint density at radius 2 is 1.87 bits per heavy atom. The van der Waals surface area contributed by atoms with Crippen molar-refractivity contribution >= 4 is 17.3 Å². The van der Waals surface area contributed by atoms with Crippen LogP contribution in [0.4, 0.5) is 0 Å². The van der Waals surface area contributed by atoms with E-state index in [9.17, 15) is 14.4 Å². The molecular weight excluding hydrogens is 384 g/mol. The van der Waals surface area contributed by atoms with E-state index in [-0.39, 0.29) is 28.9 Å². The van der Waals surface area contributed by atoms with Crippen molar-refractivity contribution in [1.29, 1.82) is 0 Å². The molecule has 1 aliphatic heterocycles. The van der Waals surface area contributed by atoms with Gasteiger partial charge >= 0.3 is 0 Å². The van der Waals surface area contributed by atoms with Crippen molar-refractivity contribution in [2.45, 2.75) is 33.2 Å². The lowest BCUT2D eigenvalue weighted by atomic mass is 9.95. The fourth-order valence-corrected chi connectivity index (χ4v) is 3.73. The number of hydrogen-bond donors (Lipinski definition) is 2. The van der Waals surface area contributed by atoms with Gasteiger partial charge in [-0.05, 0) is 32.3 Å². The van der Waals surface area contributed by atoms with Gasteiger partial charge < -0.3 is 15.2 Å². The number of amides is 2. The molecule has 1 aromatic carbocycles. The first-order valence-corrected chi connectivity index (χ1v) is 10.00. The van der Waals surface area contributed by atoms with Crippen molar-refractivity contribution in [2.75, 3.05) is 13.1 Å². The normalized spacial score (nSPS) is 14.8. The highest BCUT2D eigenvalue weighted by molar-refractivity contribution is 5.98. The molecule has 30 heavy (non-hydrogen) atoms. The molecule has 1 aliphatic rings. The van der Waals surface area contributed by atoms with E-state index in [4.69, 9.17) is 0 Å². The quantitative estimate of drug-likeness (QED) is 0.674. The molecule has 9 heteroatoms. The minimum absolute atomic E-state index is 0.00343. The van der Waals surface area contributed by atoms with Crippen LogP contribution in [-0.4, -0.2) is 49.6 Å². The van der Waals surface area contributed by atoms with Crippen LogP contribution in [0.1, 0.15) is 40.2 Å². The standard InChI is InChI=1S/C21H24N6O3/c1-13-3-5-15(6-4-13)11-22-19(28)16-7-9-26(10-8-16)21(30)17-18-20(29)23-14(2)12-27(18)25-24-17/h3-6,12,16H,7-11H2,1-2H3,(H,22,28)(H,23,29). The third-order valence-corrected chi connectivity index (χ3v) is 5.48. The number of H-pyrrole nitrogens is 1. The van der Waals surface area contributed by atoms with Gasteiger partial charge in [-0.2, -0.15) is 0 Å². The van der Waals surface area contributed by atoms with Gasteiger partial charge in [-0.15, -0.1) is 5.10 Å². The zero-order valence-electron chi connectivity index (χ0n) is 17.0. The van der Waals surface area contributed by atoms with Crippen molar-refractivity contribution in [1.82, 2.24) is 30.0 Å². The van der Waals surface area contributed by atoms with Gasteiger partial charge in [0.25, 0.3) is 11.5 Å². The lowest BCUT2D eigenvalue weighted by Gasteiger charge is -2.30. The molecule has 2 N–H and O–H groups in total. The maximum absolute atomic E-state index is 12.9. The zero-order chi connectivity index (χ0) is 21.3. The fourth-order valence-electron chi connectivity index (χ4n) is 3.73. The van der Waals surface area contributed by atoms with E-state index in [1.165, 1.54) is 10.1 Å². The largest absolute Gasteiger partial charge is 0.352 e. The van der Waals surface area contributed by atoms with Crippen LogP contribution >= 0.6 is 0 Å². The molecule has 0 bridgehead atoms. The zero-order valence-corrected chi connectivity index (χ0v) is 17.0. The van der Waals surface area contributed by atoms with Gasteiger partial charge in [0, 0.05) is 31.2 Å². The second-order valence-corrected chi connectivity index (χ2v) is 7.77. The van der Waals surface area contributed by atoms with E-state index >= 15 is 0 Å². The van der Waals surface area contributed by atoms with Crippen LogP contribution in [0.25, 0.3) is 5.52 Å². The van der Waals surface area contributed by atoms with E-state index in [2.05, 4.69) is 20.6 Å². The molecule has 9 nitrogen and oxygen atoms in total. The maximum atomic E-state index is 12.9. The molecule has 0 spiro atoms. The van der Waals surface area contributed by atoms with Crippen LogP contribution in [0.15, 0.2) is 35.3 Å². The predicted octanol–water partition coefficient (Wildman–Crippen LogP) is 1.20. The Bertz CT molecular complexity index is 1140. The van der Waals surface area contributed by atoms with Crippen LogP contribution in [0.5, 0.6) is 0 Å². The number of nitrogens with zero attached hydrogens (tertiary/aromatic N) is 4. The number of rotatable bonds is 4. The molecule has 1 fully saturated rings. The number of likely N-dealkylation sites (tertiary alicyclic amines) is 1. The highest BCUT2D eigenvalue weighted by Crippen LogP contribution is 2.20. The SMILES string of the molecule is Cc1ccc(CNC(=O)C2CCN(C(=O)c3nnn4cc(C)[nH]c(=O)c34)CC2)cc1. The summed E-state index contributed by atoms with van der Waals surface area (Å²) in [7, 11) is 0. The number of hydrogen-bond acceptors (Lipinski definition) is 5. The summed E-state index contributed by atoms with van der Waals surface area (Å²) in [5.74, 6) is -0.469. The summed E-state index contributed by atoms with van der Waals surface area (Å²) < 4.78 is 1.33. The van der Waals surface area contributed by atoms with Crippen LogP contribution in [0.3, 0.4) is 0 Å². The van der Waals surface area contributed by atoms with E-state index in [1.807, 2.05) is 31.2 Å². The number of benzene rings is 1. The first kappa shape index (κ1) is 19.8. The Balaban J connectivity index is 1.36. The summed E-state index contributed by atoms with van der Waals surface area (Å²) in [6, 6.07) is 8.05. The Kier molecular flexibility index (Phi) is 5.35. The summed E-state index contributed by atoms with van der Waals surface area (Å²) >= 11 is 0. The molecule has 0 radical (unpaired) electrons.